The number of ether oxygens (including phenoxy) is 2. The first-order chi connectivity index (χ1) is 33.0. The summed E-state index contributed by atoms with van der Waals surface area (Å²) in [5, 5.41) is 17.6. The first-order valence-electron chi connectivity index (χ1n) is 21.7. The highest BCUT2D eigenvalue weighted by Gasteiger charge is 2.18. The van der Waals surface area contributed by atoms with Gasteiger partial charge in [-0.1, -0.05) is 49.2 Å². The molecule has 8 heterocycles. The first-order valence-corrected chi connectivity index (χ1v) is 22.5. The Balaban J connectivity index is 0.000000170. The van der Waals surface area contributed by atoms with Crippen LogP contribution in [0.1, 0.15) is 58.9 Å². The lowest BCUT2D eigenvalue weighted by Crippen LogP contribution is -2.06. The van der Waals surface area contributed by atoms with Crippen molar-refractivity contribution in [1.82, 2.24) is 58.3 Å². The standard InChI is InChI=1S/2C24H23ClFN7O/c2*1-4-19-14(2)33-11-15(5-8-21(33)30-19)10-32-12-17-23(28-13-29-24(17)31-32)27-9-16-18(25)6-7-20(34-3)22(16)26/h2*5-8,11-13H,4,9-10H2,1-3H3,(H,27,28,29,31). The second-order valence-electron chi connectivity index (χ2n) is 15.9. The quantitative estimate of drug-likeness (QED) is 0.106. The lowest BCUT2D eigenvalue weighted by Gasteiger charge is -2.11. The summed E-state index contributed by atoms with van der Waals surface area (Å²) in [7, 11) is 2.83. The molecule has 0 aliphatic rings. The fourth-order valence-electron chi connectivity index (χ4n) is 8.09. The van der Waals surface area contributed by atoms with Gasteiger partial charge in [0, 0.05) is 70.4 Å². The zero-order valence-electron chi connectivity index (χ0n) is 38.0. The number of nitrogens with one attached hydrogen (secondary N) is 2. The monoisotopic (exact) mass is 958 g/mol. The number of benzene rings is 2. The normalized spacial score (nSPS) is 11.4. The molecule has 0 amide bonds. The van der Waals surface area contributed by atoms with Gasteiger partial charge in [-0.3, -0.25) is 9.36 Å². The van der Waals surface area contributed by atoms with Crippen LogP contribution in [0.3, 0.4) is 0 Å². The number of halogens is 4. The van der Waals surface area contributed by atoms with E-state index in [4.69, 9.17) is 32.7 Å². The van der Waals surface area contributed by atoms with E-state index in [0.717, 1.165) is 68.8 Å². The van der Waals surface area contributed by atoms with Crippen LogP contribution in [0.25, 0.3) is 33.4 Å². The van der Waals surface area contributed by atoms with Crippen LogP contribution in [-0.2, 0) is 39.0 Å². The lowest BCUT2D eigenvalue weighted by atomic mass is 10.2. The van der Waals surface area contributed by atoms with Crippen LogP contribution in [0.4, 0.5) is 20.4 Å². The van der Waals surface area contributed by atoms with E-state index >= 15 is 0 Å². The first kappa shape index (κ1) is 45.7. The van der Waals surface area contributed by atoms with Crippen molar-refractivity contribution in [3.05, 3.63) is 153 Å². The van der Waals surface area contributed by atoms with Gasteiger partial charge in [0.25, 0.3) is 0 Å². The molecule has 0 fully saturated rings. The molecule has 0 unspecified atom stereocenters. The molecule has 0 spiro atoms. The minimum absolute atomic E-state index is 0.134. The van der Waals surface area contributed by atoms with E-state index in [-0.39, 0.29) is 24.6 Å². The minimum atomic E-state index is -0.500. The van der Waals surface area contributed by atoms with E-state index in [9.17, 15) is 8.78 Å². The Hall–Kier alpha value is -7.44. The molecule has 0 aliphatic carbocycles. The molecule has 2 aromatic carbocycles. The van der Waals surface area contributed by atoms with Crippen molar-refractivity contribution in [1.29, 1.82) is 0 Å². The maximum Gasteiger partial charge on any atom is 0.186 e. The van der Waals surface area contributed by atoms with E-state index in [1.807, 2.05) is 46.0 Å². The second-order valence-corrected chi connectivity index (χ2v) is 16.7. The maximum atomic E-state index is 14.7. The lowest BCUT2D eigenvalue weighted by molar-refractivity contribution is 0.384. The fraction of sp³-hybridized carbons (Fsp3) is 0.250. The van der Waals surface area contributed by atoms with Gasteiger partial charge in [-0.05, 0) is 74.2 Å². The van der Waals surface area contributed by atoms with Gasteiger partial charge in [-0.25, -0.2) is 38.7 Å². The van der Waals surface area contributed by atoms with Crippen LogP contribution in [0.5, 0.6) is 11.5 Å². The van der Waals surface area contributed by atoms with Crippen molar-refractivity contribution in [2.24, 2.45) is 0 Å². The molecule has 0 bridgehead atoms. The molecule has 348 valence electrons. The van der Waals surface area contributed by atoms with Gasteiger partial charge < -0.3 is 28.9 Å². The maximum absolute atomic E-state index is 14.7. The summed E-state index contributed by atoms with van der Waals surface area (Å²) in [6.07, 6.45) is 12.6. The third-order valence-electron chi connectivity index (χ3n) is 11.7. The molecule has 16 nitrogen and oxygen atoms in total. The van der Waals surface area contributed by atoms with E-state index in [1.165, 1.54) is 39.0 Å². The van der Waals surface area contributed by atoms with Gasteiger partial charge in [0.05, 0.1) is 49.5 Å². The summed E-state index contributed by atoms with van der Waals surface area (Å²) in [5.41, 5.74) is 10.2. The Kier molecular flexibility index (Phi) is 13.1. The minimum Gasteiger partial charge on any atom is -0.494 e. The average molecular weight is 960 g/mol. The van der Waals surface area contributed by atoms with Gasteiger partial charge in [0.2, 0.25) is 0 Å². The number of methoxy groups -OCH3 is 2. The molecule has 2 N–H and O–H groups in total. The van der Waals surface area contributed by atoms with Crippen molar-refractivity contribution in [2.45, 2.75) is 66.7 Å². The van der Waals surface area contributed by atoms with Crippen molar-refractivity contribution in [3.8, 4) is 11.5 Å². The van der Waals surface area contributed by atoms with E-state index in [1.54, 1.807) is 12.1 Å². The van der Waals surface area contributed by atoms with Gasteiger partial charge in [-0.2, -0.15) is 10.2 Å². The third kappa shape index (κ3) is 9.03. The van der Waals surface area contributed by atoms with E-state index < -0.39 is 11.6 Å². The molecule has 0 radical (unpaired) electrons. The number of nitrogens with zero attached hydrogens (tertiary/aromatic N) is 12. The molecule has 0 saturated carbocycles. The molecule has 0 aliphatic heterocycles. The largest absolute Gasteiger partial charge is 0.494 e. The highest BCUT2D eigenvalue weighted by molar-refractivity contribution is 6.31. The number of pyridine rings is 2. The molecular formula is C48H46Cl2F2N14O2. The third-order valence-corrected chi connectivity index (χ3v) is 12.4. The molecular weight excluding hydrogens is 914 g/mol. The number of anilines is 2. The van der Waals surface area contributed by atoms with Crippen LogP contribution in [0.2, 0.25) is 10.0 Å². The molecule has 68 heavy (non-hydrogen) atoms. The predicted octanol–water partition coefficient (Wildman–Crippen LogP) is 9.61. The summed E-state index contributed by atoms with van der Waals surface area (Å²) >= 11 is 12.4. The van der Waals surface area contributed by atoms with Crippen LogP contribution in [0.15, 0.2) is 86.0 Å². The van der Waals surface area contributed by atoms with Gasteiger partial charge >= 0.3 is 0 Å². The van der Waals surface area contributed by atoms with Crippen molar-refractivity contribution < 1.29 is 18.3 Å². The fourth-order valence-corrected chi connectivity index (χ4v) is 8.51. The van der Waals surface area contributed by atoms with Crippen LogP contribution in [-0.4, -0.2) is 72.5 Å². The summed E-state index contributed by atoms with van der Waals surface area (Å²) in [6, 6.07) is 14.3. The van der Waals surface area contributed by atoms with Gasteiger partial charge in [0.1, 0.15) is 35.6 Å². The Bertz CT molecular complexity index is 3250. The highest BCUT2D eigenvalue weighted by atomic mass is 35.5. The zero-order valence-corrected chi connectivity index (χ0v) is 39.5. The Morgan fingerprint density at radius 3 is 1.40 bits per heavy atom. The van der Waals surface area contributed by atoms with Crippen molar-refractivity contribution in [3.63, 3.8) is 0 Å². The summed E-state index contributed by atoms with van der Waals surface area (Å²) < 4.78 is 47.3. The molecule has 20 heteroatoms. The van der Waals surface area contributed by atoms with E-state index in [2.05, 4.69) is 99.6 Å². The molecule has 0 atom stereocenters. The summed E-state index contributed by atoms with van der Waals surface area (Å²) in [6.45, 7) is 9.75. The number of hydrogen-bond donors (Lipinski definition) is 2. The Morgan fingerprint density at radius 1 is 0.574 bits per heavy atom. The Labute approximate surface area is 398 Å². The predicted molar refractivity (Wildman–Crippen MR) is 258 cm³/mol. The summed E-state index contributed by atoms with van der Waals surface area (Å²) in [4.78, 5) is 26.5. The SMILES string of the molecule is CCc1nc2ccc(Cn3cc4c(NCc5c(Cl)ccc(OC)c5F)ncnc4n3)cn2c1C.CCc1nc2ccc(Cn3cc4c(NCc5c(Cl)ccc(OC)c5F)ncnc4n3)cn2c1C. The number of aryl methyl sites for hydroxylation is 4. The molecule has 10 aromatic rings. The van der Waals surface area contributed by atoms with Crippen LogP contribution >= 0.6 is 23.2 Å². The van der Waals surface area contributed by atoms with Crippen molar-refractivity contribution >= 4 is 68.2 Å². The van der Waals surface area contributed by atoms with Crippen LogP contribution < -0.4 is 20.1 Å². The highest BCUT2D eigenvalue weighted by Crippen LogP contribution is 2.30. The number of hydrogen-bond acceptors (Lipinski definition) is 12. The summed E-state index contributed by atoms with van der Waals surface area (Å²) in [5.74, 6) is 0.363. The zero-order chi connectivity index (χ0) is 47.6. The number of aromatic nitrogens is 12. The van der Waals surface area contributed by atoms with Gasteiger partial charge in [0.15, 0.2) is 34.4 Å². The number of rotatable bonds is 14. The Morgan fingerprint density at radius 2 is 1.00 bits per heavy atom. The van der Waals surface area contributed by atoms with Gasteiger partial charge in [-0.15, -0.1) is 0 Å². The van der Waals surface area contributed by atoms with E-state index in [0.29, 0.717) is 57.2 Å². The topological polar surface area (TPSA) is 164 Å². The van der Waals surface area contributed by atoms with Crippen molar-refractivity contribution in [2.75, 3.05) is 24.9 Å². The molecule has 8 aromatic heterocycles. The molecule has 10 rings (SSSR count). The smallest absolute Gasteiger partial charge is 0.186 e. The number of fused-ring (bicyclic) bond motifs is 4. The van der Waals surface area contributed by atoms with Crippen LogP contribution in [0, 0.1) is 25.5 Å². The second kappa shape index (κ2) is 19.4. The number of imidazole rings is 2. The average Bonchev–Trinajstić information content (AvgIpc) is 4.12. The molecule has 0 saturated heterocycles.